The summed E-state index contributed by atoms with van der Waals surface area (Å²) in [6.45, 7) is 4.87. The molecule has 0 aliphatic rings. The minimum Gasteiger partial charge on any atom is -0.480 e. The number of nitrogens with zero attached hydrogens (tertiary/aromatic N) is 1. The number of carboxylic acid groups (broad SMARTS) is 1. The third-order valence-electron chi connectivity index (χ3n) is 3.14. The molecule has 0 saturated heterocycles. The first-order valence-electron chi connectivity index (χ1n) is 6.38. The number of rotatable bonds is 5. The van der Waals surface area contributed by atoms with Crippen molar-refractivity contribution >= 4 is 29.6 Å². The number of carboxylic acids is 1. The van der Waals surface area contributed by atoms with Crippen LogP contribution in [0.25, 0.3) is 6.08 Å². The molecule has 0 atom stereocenters. The fourth-order valence-electron chi connectivity index (χ4n) is 1.82. The summed E-state index contributed by atoms with van der Waals surface area (Å²) in [5, 5.41) is 9.13. The van der Waals surface area contributed by atoms with E-state index >= 15 is 0 Å². The average Bonchev–Trinajstić information content (AvgIpc) is 2.40. The highest BCUT2D eigenvalue weighted by Gasteiger charge is 2.35. The van der Waals surface area contributed by atoms with Gasteiger partial charge in [-0.1, -0.05) is 17.7 Å². The van der Waals surface area contributed by atoms with E-state index in [2.05, 4.69) is 0 Å². The minimum absolute atomic E-state index is 0.0391. The summed E-state index contributed by atoms with van der Waals surface area (Å²) in [7, 11) is 0. The molecule has 0 saturated carbocycles. The van der Waals surface area contributed by atoms with Crippen LogP contribution in [-0.2, 0) is 9.59 Å². The van der Waals surface area contributed by atoms with Gasteiger partial charge in [-0.2, -0.15) is 0 Å². The molecule has 0 spiro atoms. The molecule has 0 heterocycles. The van der Waals surface area contributed by atoms with Gasteiger partial charge in [0, 0.05) is 12.6 Å². The number of carbonyl (C=O) groups is 2. The van der Waals surface area contributed by atoms with Crippen molar-refractivity contribution in [1.82, 2.24) is 4.90 Å². The second-order valence-electron chi connectivity index (χ2n) is 4.95. The summed E-state index contributed by atoms with van der Waals surface area (Å²) >= 11 is 5.65. The molecule has 0 aliphatic heterocycles. The second-order valence-corrected chi connectivity index (χ2v) is 5.36. The van der Waals surface area contributed by atoms with E-state index in [1.807, 2.05) is 0 Å². The summed E-state index contributed by atoms with van der Waals surface area (Å²) in [5.74, 6) is -2.07. The van der Waals surface area contributed by atoms with Gasteiger partial charge in [-0.3, -0.25) is 4.79 Å². The van der Waals surface area contributed by atoms with Crippen LogP contribution in [0.1, 0.15) is 26.3 Å². The molecule has 0 unspecified atom stereocenters. The maximum absolute atomic E-state index is 13.0. The van der Waals surface area contributed by atoms with Crippen molar-refractivity contribution in [2.24, 2.45) is 0 Å². The number of likely N-dealkylation sites (N-methyl/N-ethyl adjacent to an activating group) is 1. The number of carbonyl (C=O) groups excluding carboxylic acids is 1. The Hall–Kier alpha value is -1.88. The van der Waals surface area contributed by atoms with Gasteiger partial charge in [-0.15, -0.1) is 0 Å². The van der Waals surface area contributed by atoms with E-state index in [0.717, 1.165) is 0 Å². The lowest BCUT2D eigenvalue weighted by Gasteiger charge is -2.33. The molecule has 21 heavy (non-hydrogen) atoms. The summed E-state index contributed by atoms with van der Waals surface area (Å²) in [6.07, 6.45) is 2.71. The Morgan fingerprint density at radius 1 is 1.43 bits per heavy atom. The number of aliphatic carboxylic acids is 1. The smallest absolute Gasteiger partial charge is 0.329 e. The molecule has 0 aliphatic carbocycles. The summed E-state index contributed by atoms with van der Waals surface area (Å²) in [4.78, 5) is 24.6. The zero-order chi connectivity index (χ0) is 16.2. The van der Waals surface area contributed by atoms with Crippen molar-refractivity contribution in [1.29, 1.82) is 0 Å². The minimum atomic E-state index is -1.31. The Bertz CT molecular complexity index is 584. The molecule has 6 heteroatoms. The van der Waals surface area contributed by atoms with E-state index in [4.69, 9.17) is 16.7 Å². The first-order valence-corrected chi connectivity index (χ1v) is 6.76. The van der Waals surface area contributed by atoms with Crippen molar-refractivity contribution in [3.63, 3.8) is 0 Å². The lowest BCUT2D eigenvalue weighted by molar-refractivity contribution is -0.154. The number of hydrogen-bond acceptors (Lipinski definition) is 2. The van der Waals surface area contributed by atoms with Crippen molar-refractivity contribution in [3.05, 3.63) is 40.7 Å². The van der Waals surface area contributed by atoms with Gasteiger partial charge in [0.05, 0.1) is 5.02 Å². The molecule has 1 amide bonds. The van der Waals surface area contributed by atoms with Crippen molar-refractivity contribution in [3.8, 4) is 0 Å². The third-order valence-corrected chi connectivity index (χ3v) is 3.43. The topological polar surface area (TPSA) is 57.6 Å². The molecule has 0 radical (unpaired) electrons. The molecule has 1 aromatic rings. The Labute approximate surface area is 127 Å². The van der Waals surface area contributed by atoms with E-state index in [9.17, 15) is 14.0 Å². The van der Waals surface area contributed by atoms with Crippen LogP contribution in [0.5, 0.6) is 0 Å². The maximum atomic E-state index is 13.0. The second kappa shape index (κ2) is 6.72. The zero-order valence-electron chi connectivity index (χ0n) is 12.1. The van der Waals surface area contributed by atoms with Gasteiger partial charge in [0.15, 0.2) is 0 Å². The average molecular weight is 314 g/mol. The van der Waals surface area contributed by atoms with E-state index in [0.29, 0.717) is 5.56 Å². The molecular formula is C15H17ClFNO3. The van der Waals surface area contributed by atoms with E-state index in [-0.39, 0.29) is 11.6 Å². The summed E-state index contributed by atoms with van der Waals surface area (Å²) in [5.41, 5.74) is -0.754. The molecular weight excluding hydrogens is 297 g/mol. The van der Waals surface area contributed by atoms with Crippen LogP contribution in [-0.4, -0.2) is 34.0 Å². The number of amides is 1. The molecule has 1 aromatic carbocycles. The maximum Gasteiger partial charge on any atom is 0.329 e. The van der Waals surface area contributed by atoms with Crippen LogP contribution >= 0.6 is 11.6 Å². The monoisotopic (exact) mass is 313 g/mol. The van der Waals surface area contributed by atoms with Crippen LogP contribution in [0.4, 0.5) is 4.39 Å². The fourth-order valence-corrected chi connectivity index (χ4v) is 2.00. The predicted molar refractivity (Wildman–Crippen MR) is 79.5 cm³/mol. The van der Waals surface area contributed by atoms with Gasteiger partial charge in [0.2, 0.25) is 5.91 Å². The molecule has 0 bridgehead atoms. The standard InChI is InChI=1S/C15H17ClFNO3/c1-4-18(15(2,3)14(20)21)13(19)8-6-10-5-7-12(17)11(16)9-10/h5-9H,4H2,1-3H3,(H,20,21). The van der Waals surface area contributed by atoms with Crippen molar-refractivity contribution in [2.45, 2.75) is 26.3 Å². The van der Waals surface area contributed by atoms with Crippen LogP contribution in [0.3, 0.4) is 0 Å². The van der Waals surface area contributed by atoms with Gasteiger partial charge < -0.3 is 10.0 Å². The Kier molecular flexibility index (Phi) is 5.49. The van der Waals surface area contributed by atoms with Gasteiger partial charge in [0.1, 0.15) is 11.4 Å². The van der Waals surface area contributed by atoms with Gasteiger partial charge in [-0.05, 0) is 44.5 Å². The Morgan fingerprint density at radius 2 is 2.05 bits per heavy atom. The van der Waals surface area contributed by atoms with Gasteiger partial charge >= 0.3 is 5.97 Å². The molecule has 4 nitrogen and oxygen atoms in total. The normalized spacial score (nSPS) is 11.7. The number of hydrogen-bond donors (Lipinski definition) is 1. The van der Waals surface area contributed by atoms with Crippen LogP contribution in [0.15, 0.2) is 24.3 Å². The quantitative estimate of drug-likeness (QED) is 0.849. The van der Waals surface area contributed by atoms with Crippen LogP contribution < -0.4 is 0 Å². The first-order chi connectivity index (χ1) is 9.70. The summed E-state index contributed by atoms with van der Waals surface area (Å²) < 4.78 is 13.0. The predicted octanol–water partition coefficient (Wildman–Crippen LogP) is 3.20. The van der Waals surface area contributed by atoms with Crippen molar-refractivity contribution in [2.75, 3.05) is 6.54 Å². The Morgan fingerprint density at radius 3 is 2.52 bits per heavy atom. The van der Waals surface area contributed by atoms with E-state index in [1.165, 1.54) is 49.1 Å². The molecule has 0 fully saturated rings. The lowest BCUT2D eigenvalue weighted by atomic mass is 10.0. The molecule has 0 aromatic heterocycles. The molecule has 1 N–H and O–H groups in total. The van der Waals surface area contributed by atoms with Crippen LogP contribution in [0.2, 0.25) is 5.02 Å². The lowest BCUT2D eigenvalue weighted by Crippen LogP contribution is -2.52. The zero-order valence-corrected chi connectivity index (χ0v) is 12.8. The number of benzene rings is 1. The van der Waals surface area contributed by atoms with Gasteiger partial charge in [0.25, 0.3) is 0 Å². The third kappa shape index (κ3) is 4.04. The van der Waals surface area contributed by atoms with Gasteiger partial charge in [-0.25, -0.2) is 9.18 Å². The largest absolute Gasteiger partial charge is 0.480 e. The highest BCUT2D eigenvalue weighted by molar-refractivity contribution is 6.30. The van der Waals surface area contributed by atoms with Crippen LogP contribution in [0, 0.1) is 5.82 Å². The van der Waals surface area contributed by atoms with Crippen molar-refractivity contribution < 1.29 is 19.1 Å². The SMILES string of the molecule is CCN(C(=O)C=Cc1ccc(F)c(Cl)c1)C(C)(C)C(=O)O. The number of halogens is 2. The van der Waals surface area contributed by atoms with E-state index < -0.39 is 23.2 Å². The molecule has 1 rings (SSSR count). The fraction of sp³-hybridized carbons (Fsp3) is 0.333. The summed E-state index contributed by atoms with van der Waals surface area (Å²) in [6, 6.07) is 4.06. The first kappa shape index (κ1) is 17.2. The van der Waals surface area contributed by atoms with E-state index in [1.54, 1.807) is 6.92 Å². The molecule has 114 valence electrons. The Balaban J connectivity index is 2.94. The highest BCUT2D eigenvalue weighted by atomic mass is 35.5. The highest BCUT2D eigenvalue weighted by Crippen LogP contribution is 2.18.